The molecule has 1 aromatic carbocycles. The number of hydrogen-bond donors (Lipinski definition) is 1. The van der Waals surface area contributed by atoms with Gasteiger partial charge in [0.25, 0.3) is 0 Å². The van der Waals surface area contributed by atoms with Crippen LogP contribution in [0.25, 0.3) is 11.1 Å². The van der Waals surface area contributed by atoms with Gasteiger partial charge in [0.15, 0.2) is 0 Å². The molecule has 22 heavy (non-hydrogen) atoms. The van der Waals surface area contributed by atoms with Gasteiger partial charge in [-0.3, -0.25) is 4.98 Å². The van der Waals surface area contributed by atoms with Gasteiger partial charge >= 0.3 is 0 Å². The van der Waals surface area contributed by atoms with Crippen molar-refractivity contribution in [1.82, 2.24) is 10.3 Å². The number of pyridine rings is 1. The molecule has 1 N–H and O–H groups in total. The molecule has 3 heterocycles. The lowest BCUT2D eigenvalue weighted by Crippen LogP contribution is -2.42. The summed E-state index contributed by atoms with van der Waals surface area (Å²) in [7, 11) is 0. The third-order valence-corrected chi connectivity index (χ3v) is 4.62. The van der Waals surface area contributed by atoms with E-state index in [1.54, 1.807) is 12.4 Å². The molecule has 2 aromatic rings. The fourth-order valence-electron chi connectivity index (χ4n) is 3.64. The van der Waals surface area contributed by atoms with Gasteiger partial charge in [0.05, 0.1) is 0 Å². The average Bonchev–Trinajstić information content (AvgIpc) is 2.86. The molecule has 114 valence electrons. The van der Waals surface area contributed by atoms with Gasteiger partial charge in [0.2, 0.25) is 0 Å². The van der Waals surface area contributed by atoms with E-state index < -0.39 is 0 Å². The van der Waals surface area contributed by atoms with Crippen molar-refractivity contribution in [3.05, 3.63) is 48.5 Å². The van der Waals surface area contributed by atoms with Crippen LogP contribution in [0.2, 0.25) is 0 Å². The second-order valence-electron chi connectivity index (χ2n) is 6.26. The van der Waals surface area contributed by atoms with Crippen LogP contribution in [-0.4, -0.2) is 23.2 Å². The number of aromatic nitrogens is 1. The number of fused-ring (bicyclic) bond motifs is 2. The summed E-state index contributed by atoms with van der Waals surface area (Å²) in [5, 5.41) is 3.59. The van der Waals surface area contributed by atoms with Crippen LogP contribution in [0.3, 0.4) is 0 Å². The van der Waals surface area contributed by atoms with E-state index in [4.69, 9.17) is 4.74 Å². The Morgan fingerprint density at radius 1 is 1.00 bits per heavy atom. The maximum Gasteiger partial charge on any atom is 0.127 e. The van der Waals surface area contributed by atoms with Crippen molar-refractivity contribution in [1.29, 1.82) is 0 Å². The van der Waals surface area contributed by atoms with Gasteiger partial charge in [0.1, 0.15) is 17.7 Å². The zero-order valence-corrected chi connectivity index (χ0v) is 12.3. The number of nitrogens with one attached hydrogen (secondary N) is 1. The molecule has 0 radical (unpaired) electrons. The van der Waals surface area contributed by atoms with Crippen LogP contribution in [0.1, 0.15) is 25.7 Å². The number of piperidine rings is 1. The van der Waals surface area contributed by atoms with Crippen LogP contribution in [0.4, 0.5) is 4.39 Å². The largest absolute Gasteiger partial charge is 0.490 e. The zero-order chi connectivity index (χ0) is 14.9. The van der Waals surface area contributed by atoms with Gasteiger partial charge < -0.3 is 10.1 Å². The molecule has 2 aliphatic rings. The molecule has 0 unspecified atom stereocenters. The van der Waals surface area contributed by atoms with Crippen molar-refractivity contribution >= 4 is 0 Å². The Labute approximate surface area is 129 Å². The molecular weight excluding hydrogens is 279 g/mol. The first-order valence-corrected chi connectivity index (χ1v) is 7.90. The van der Waals surface area contributed by atoms with Crippen LogP contribution in [0.5, 0.6) is 5.75 Å². The van der Waals surface area contributed by atoms with Crippen molar-refractivity contribution in [2.24, 2.45) is 0 Å². The van der Waals surface area contributed by atoms with Crippen LogP contribution in [-0.2, 0) is 0 Å². The minimum Gasteiger partial charge on any atom is -0.490 e. The summed E-state index contributed by atoms with van der Waals surface area (Å²) in [6, 6.07) is 9.83. The highest BCUT2D eigenvalue weighted by Crippen LogP contribution is 2.31. The SMILES string of the molecule is Fc1cc(O[C@@H]2C[C@H]3CC[C@@H](C2)N3)cc(-c2ccncc2)c1. The van der Waals surface area contributed by atoms with E-state index in [1.807, 2.05) is 18.2 Å². The average molecular weight is 298 g/mol. The van der Waals surface area contributed by atoms with E-state index in [1.165, 1.54) is 25.0 Å². The highest BCUT2D eigenvalue weighted by atomic mass is 19.1. The smallest absolute Gasteiger partial charge is 0.127 e. The van der Waals surface area contributed by atoms with E-state index in [-0.39, 0.29) is 11.9 Å². The summed E-state index contributed by atoms with van der Waals surface area (Å²) in [5.74, 6) is 0.360. The third-order valence-electron chi connectivity index (χ3n) is 4.62. The predicted octanol–water partition coefficient (Wildman–Crippen LogP) is 3.55. The molecule has 0 spiro atoms. The lowest BCUT2D eigenvalue weighted by molar-refractivity contribution is 0.137. The lowest BCUT2D eigenvalue weighted by Gasteiger charge is -2.29. The van der Waals surface area contributed by atoms with Gasteiger partial charge in [-0.15, -0.1) is 0 Å². The van der Waals surface area contributed by atoms with Crippen LogP contribution in [0.15, 0.2) is 42.7 Å². The van der Waals surface area contributed by atoms with E-state index in [2.05, 4.69) is 10.3 Å². The van der Waals surface area contributed by atoms with Crippen molar-refractivity contribution in [3.8, 4) is 16.9 Å². The lowest BCUT2D eigenvalue weighted by atomic mass is 10.0. The van der Waals surface area contributed by atoms with Gasteiger partial charge in [-0.1, -0.05) is 0 Å². The molecule has 0 amide bonds. The zero-order valence-electron chi connectivity index (χ0n) is 12.3. The number of hydrogen-bond acceptors (Lipinski definition) is 3. The molecule has 3 atom stereocenters. The normalized spacial score (nSPS) is 26.9. The third kappa shape index (κ3) is 2.83. The molecule has 2 fully saturated rings. The monoisotopic (exact) mass is 298 g/mol. The first kappa shape index (κ1) is 13.7. The second-order valence-corrected chi connectivity index (χ2v) is 6.26. The summed E-state index contributed by atoms with van der Waals surface area (Å²) in [4.78, 5) is 4.00. The first-order chi connectivity index (χ1) is 10.8. The molecule has 0 saturated carbocycles. The van der Waals surface area contributed by atoms with Crippen molar-refractivity contribution in [3.63, 3.8) is 0 Å². The minimum atomic E-state index is -0.263. The summed E-state index contributed by atoms with van der Waals surface area (Å²) in [6.45, 7) is 0. The van der Waals surface area contributed by atoms with Crippen LogP contribution in [0, 0.1) is 5.82 Å². The molecule has 0 aliphatic carbocycles. The number of rotatable bonds is 3. The number of ether oxygens (including phenoxy) is 1. The number of halogens is 1. The fraction of sp³-hybridized carbons (Fsp3) is 0.389. The highest BCUT2D eigenvalue weighted by molar-refractivity contribution is 5.64. The molecule has 2 saturated heterocycles. The Hall–Kier alpha value is -1.94. The molecule has 4 heteroatoms. The highest BCUT2D eigenvalue weighted by Gasteiger charge is 2.34. The van der Waals surface area contributed by atoms with E-state index in [0.717, 1.165) is 24.0 Å². The molecule has 2 bridgehead atoms. The Morgan fingerprint density at radius 2 is 1.73 bits per heavy atom. The van der Waals surface area contributed by atoms with Crippen LogP contribution >= 0.6 is 0 Å². The molecule has 3 nitrogen and oxygen atoms in total. The minimum absolute atomic E-state index is 0.186. The van der Waals surface area contributed by atoms with E-state index >= 15 is 0 Å². The summed E-state index contributed by atoms with van der Waals surface area (Å²) in [5.41, 5.74) is 1.78. The standard InChI is InChI=1S/C18H19FN2O/c19-14-7-13(12-3-5-20-6-4-12)8-17(9-14)22-18-10-15-1-2-16(11-18)21-15/h3-9,15-16,18,21H,1-2,10-11H2/t15-,16+,18-. The van der Waals surface area contributed by atoms with Crippen molar-refractivity contribution in [2.45, 2.75) is 43.9 Å². The second kappa shape index (κ2) is 5.69. The van der Waals surface area contributed by atoms with Crippen LogP contribution < -0.4 is 10.1 Å². The van der Waals surface area contributed by atoms with Gasteiger partial charge in [-0.05, 0) is 61.1 Å². The molecule has 1 aromatic heterocycles. The Bertz CT molecular complexity index is 649. The maximum atomic E-state index is 13.9. The molecule has 4 rings (SSSR count). The summed E-state index contributed by atoms with van der Waals surface area (Å²) in [6.07, 6.45) is 8.10. The quantitative estimate of drug-likeness (QED) is 0.941. The predicted molar refractivity (Wildman–Crippen MR) is 83.2 cm³/mol. The van der Waals surface area contributed by atoms with E-state index in [9.17, 15) is 4.39 Å². The summed E-state index contributed by atoms with van der Waals surface area (Å²) >= 11 is 0. The maximum absolute atomic E-state index is 13.9. The van der Waals surface area contributed by atoms with Crippen molar-refractivity contribution < 1.29 is 9.13 Å². The molecular formula is C18H19FN2O. The number of nitrogens with zero attached hydrogens (tertiary/aromatic N) is 1. The Balaban J connectivity index is 1.56. The number of benzene rings is 1. The fourth-order valence-corrected chi connectivity index (χ4v) is 3.64. The van der Waals surface area contributed by atoms with E-state index in [0.29, 0.717) is 17.8 Å². The Morgan fingerprint density at radius 3 is 2.45 bits per heavy atom. The summed E-state index contributed by atoms with van der Waals surface area (Å²) < 4.78 is 20.0. The van der Waals surface area contributed by atoms with Gasteiger partial charge in [-0.2, -0.15) is 0 Å². The molecule has 2 aliphatic heterocycles. The first-order valence-electron chi connectivity index (χ1n) is 7.90. The van der Waals surface area contributed by atoms with Gasteiger partial charge in [0, 0.05) is 30.5 Å². The Kier molecular flexibility index (Phi) is 3.54. The van der Waals surface area contributed by atoms with Crippen molar-refractivity contribution in [2.75, 3.05) is 0 Å². The van der Waals surface area contributed by atoms with Gasteiger partial charge in [-0.25, -0.2) is 4.39 Å². The topological polar surface area (TPSA) is 34.1 Å².